The summed E-state index contributed by atoms with van der Waals surface area (Å²) in [7, 11) is 1.62. The van der Waals surface area contributed by atoms with Gasteiger partial charge in [-0.1, -0.05) is 29.0 Å². The Morgan fingerprint density at radius 3 is 2.70 bits per heavy atom. The molecule has 8 nitrogen and oxygen atoms in total. The second kappa shape index (κ2) is 9.85. The van der Waals surface area contributed by atoms with E-state index in [0.29, 0.717) is 53.2 Å². The van der Waals surface area contributed by atoms with Gasteiger partial charge in [-0.3, -0.25) is 9.69 Å². The molecule has 1 fully saturated rings. The molecule has 178 valence electrons. The first-order valence-corrected chi connectivity index (χ1v) is 13.8. The van der Waals surface area contributed by atoms with Gasteiger partial charge in [0.25, 0.3) is 10.0 Å². The lowest BCUT2D eigenvalue weighted by Crippen LogP contribution is -2.49. The molecule has 0 spiro atoms. The maximum atomic E-state index is 13.8. The fourth-order valence-electron chi connectivity index (χ4n) is 3.80. The lowest BCUT2D eigenvalue weighted by molar-refractivity contribution is -0.121. The van der Waals surface area contributed by atoms with E-state index >= 15 is 0 Å². The summed E-state index contributed by atoms with van der Waals surface area (Å²) in [6, 6.07) is 7.91. The number of thiazole rings is 1. The molecule has 33 heavy (non-hydrogen) atoms. The lowest BCUT2D eigenvalue weighted by Gasteiger charge is -2.29. The molecule has 3 aromatic rings. The predicted octanol–water partition coefficient (Wildman–Crippen LogP) is 3.77. The molecule has 1 saturated heterocycles. The molecule has 0 saturated carbocycles. The monoisotopic (exact) mass is 528 g/mol. The van der Waals surface area contributed by atoms with Crippen LogP contribution in [0.5, 0.6) is 5.75 Å². The molecule has 0 bridgehead atoms. The second-order valence-corrected chi connectivity index (χ2v) is 12.8. The summed E-state index contributed by atoms with van der Waals surface area (Å²) in [4.78, 5) is 22.1. The number of methoxy groups -OCH3 is 1. The van der Waals surface area contributed by atoms with Crippen molar-refractivity contribution in [3.63, 3.8) is 0 Å². The number of rotatable bonds is 8. The highest BCUT2D eigenvalue weighted by atomic mass is 35.5. The number of ether oxygens (including phenoxy) is 1. The number of likely N-dealkylation sites (N-methyl/N-ethyl adjacent to an activating group) is 1. The van der Waals surface area contributed by atoms with Crippen LogP contribution in [0.4, 0.5) is 5.13 Å². The number of amides is 1. The van der Waals surface area contributed by atoms with Crippen LogP contribution in [0.3, 0.4) is 0 Å². The molecule has 0 N–H and O–H groups in total. The Morgan fingerprint density at radius 1 is 1.24 bits per heavy atom. The number of fused-ring (bicyclic) bond motifs is 1. The Morgan fingerprint density at radius 2 is 2.03 bits per heavy atom. The van der Waals surface area contributed by atoms with Crippen LogP contribution in [0.2, 0.25) is 4.34 Å². The first-order chi connectivity index (χ1) is 15.7. The van der Waals surface area contributed by atoms with Crippen LogP contribution < -0.4 is 9.64 Å². The Balaban J connectivity index is 1.69. The van der Waals surface area contributed by atoms with Crippen molar-refractivity contribution in [1.29, 1.82) is 0 Å². The number of nitrogens with zero attached hydrogens (tertiary/aromatic N) is 4. The zero-order chi connectivity index (χ0) is 23.8. The third-order valence-corrected chi connectivity index (χ3v) is 10.1. The van der Waals surface area contributed by atoms with Gasteiger partial charge < -0.3 is 9.64 Å². The summed E-state index contributed by atoms with van der Waals surface area (Å²) in [5.41, 5.74) is 0.687. The van der Waals surface area contributed by atoms with E-state index in [1.165, 1.54) is 21.7 Å². The molecular weight excluding hydrogens is 504 g/mol. The number of halogens is 1. The molecule has 12 heteroatoms. The Kier molecular flexibility index (Phi) is 7.27. The van der Waals surface area contributed by atoms with Gasteiger partial charge in [-0.15, -0.1) is 11.3 Å². The molecule has 0 radical (unpaired) electrons. The Hall–Kier alpha value is -1.76. The maximum Gasteiger partial charge on any atom is 0.253 e. The average Bonchev–Trinajstić information content (AvgIpc) is 3.52. The fourth-order valence-corrected chi connectivity index (χ4v) is 8.08. The molecule has 0 aliphatic carbocycles. The van der Waals surface area contributed by atoms with Crippen LogP contribution >= 0.6 is 34.3 Å². The van der Waals surface area contributed by atoms with Gasteiger partial charge in [-0.25, -0.2) is 13.4 Å². The summed E-state index contributed by atoms with van der Waals surface area (Å²) in [6.07, 6.45) is 1.08. The van der Waals surface area contributed by atoms with Gasteiger partial charge in [0.05, 0.1) is 16.1 Å². The van der Waals surface area contributed by atoms with Crippen LogP contribution in [0, 0.1) is 0 Å². The third-order valence-electron chi connectivity index (χ3n) is 5.46. The third kappa shape index (κ3) is 4.89. The van der Waals surface area contributed by atoms with Gasteiger partial charge in [0.15, 0.2) is 5.13 Å². The van der Waals surface area contributed by atoms with Crippen LogP contribution in [-0.4, -0.2) is 75.4 Å². The zero-order valence-corrected chi connectivity index (χ0v) is 21.7. The van der Waals surface area contributed by atoms with Crippen LogP contribution in [-0.2, 0) is 14.8 Å². The van der Waals surface area contributed by atoms with Crippen molar-refractivity contribution in [3.8, 4) is 5.75 Å². The van der Waals surface area contributed by atoms with Crippen LogP contribution in [0.25, 0.3) is 10.2 Å². The van der Waals surface area contributed by atoms with Gasteiger partial charge >= 0.3 is 0 Å². The average molecular weight is 529 g/mol. The van der Waals surface area contributed by atoms with Gasteiger partial charge in [-0.2, -0.15) is 4.31 Å². The first kappa shape index (κ1) is 24.4. The lowest BCUT2D eigenvalue weighted by atomic mass is 10.2. The molecule has 3 heterocycles. The Bertz CT molecular complexity index is 1260. The smallest absolute Gasteiger partial charge is 0.253 e. The van der Waals surface area contributed by atoms with E-state index in [9.17, 15) is 13.2 Å². The quantitative estimate of drug-likeness (QED) is 0.442. The van der Waals surface area contributed by atoms with Crippen molar-refractivity contribution >= 4 is 65.6 Å². The van der Waals surface area contributed by atoms with E-state index in [0.717, 1.165) is 16.0 Å². The van der Waals surface area contributed by atoms with Crippen molar-refractivity contribution in [2.45, 2.75) is 23.1 Å². The van der Waals surface area contributed by atoms with Gasteiger partial charge in [-0.05, 0) is 51.2 Å². The van der Waals surface area contributed by atoms with E-state index in [1.54, 1.807) is 18.1 Å². The molecule has 4 rings (SSSR count). The largest absolute Gasteiger partial charge is 0.494 e. The number of carbonyl (C=O) groups excluding carboxylic acids is 1. The minimum absolute atomic E-state index is 0.150. The second-order valence-electron chi connectivity index (χ2n) is 7.93. The highest BCUT2D eigenvalue weighted by Gasteiger charge is 2.42. The number of aromatic nitrogens is 1. The van der Waals surface area contributed by atoms with Crippen molar-refractivity contribution in [2.24, 2.45) is 0 Å². The van der Waals surface area contributed by atoms with Crippen molar-refractivity contribution < 1.29 is 17.9 Å². The molecule has 1 unspecified atom stereocenters. The number of para-hydroxylation sites is 1. The van der Waals surface area contributed by atoms with Crippen LogP contribution in [0.15, 0.2) is 34.5 Å². The summed E-state index contributed by atoms with van der Waals surface area (Å²) in [5.74, 6) is 0.369. The van der Waals surface area contributed by atoms with Crippen molar-refractivity contribution in [3.05, 3.63) is 34.7 Å². The number of hydrogen-bond acceptors (Lipinski definition) is 8. The van der Waals surface area contributed by atoms with E-state index in [2.05, 4.69) is 0 Å². The molecule has 1 atom stereocenters. The molecule has 1 aliphatic rings. The van der Waals surface area contributed by atoms with Gasteiger partial charge in [0.2, 0.25) is 5.91 Å². The highest BCUT2D eigenvalue weighted by Crippen LogP contribution is 2.36. The van der Waals surface area contributed by atoms with Crippen molar-refractivity contribution in [2.75, 3.05) is 45.7 Å². The standard InChI is InChI=1S/C21H25ClN4O4S3/c1-24(2)12-13-25(21-23-19-15(30-3)7-4-8-16(19)31-21)20(27)14-6-5-11-26(14)33(28,29)18-10-9-17(22)32-18/h4,7-10,14H,5-6,11-13H2,1-3H3. The summed E-state index contributed by atoms with van der Waals surface area (Å²) in [6.45, 7) is 1.30. The molecule has 1 aromatic carbocycles. The predicted molar refractivity (Wildman–Crippen MR) is 133 cm³/mol. The topological polar surface area (TPSA) is 83.0 Å². The molecule has 2 aromatic heterocycles. The summed E-state index contributed by atoms with van der Waals surface area (Å²) < 4.78 is 34.7. The Labute approximate surface area is 206 Å². The van der Waals surface area contributed by atoms with Crippen molar-refractivity contribution in [1.82, 2.24) is 14.2 Å². The van der Waals surface area contributed by atoms with Gasteiger partial charge in [0.1, 0.15) is 21.5 Å². The minimum atomic E-state index is -3.82. The number of anilines is 1. The summed E-state index contributed by atoms with van der Waals surface area (Å²) >= 11 is 8.37. The fraction of sp³-hybridized carbons (Fsp3) is 0.429. The number of hydrogen-bond donors (Lipinski definition) is 0. The molecule has 1 amide bonds. The normalized spacial score (nSPS) is 17.2. The number of carbonyl (C=O) groups is 1. The van der Waals surface area contributed by atoms with E-state index < -0.39 is 16.1 Å². The maximum absolute atomic E-state index is 13.8. The highest BCUT2D eigenvalue weighted by molar-refractivity contribution is 7.91. The SMILES string of the molecule is COc1cccc2sc(N(CCN(C)C)C(=O)C3CCCN3S(=O)(=O)c3ccc(Cl)s3)nc12. The molecular formula is C21H25ClN4O4S3. The van der Waals surface area contributed by atoms with E-state index in [1.807, 2.05) is 37.2 Å². The van der Waals surface area contributed by atoms with E-state index in [4.69, 9.17) is 21.3 Å². The number of thiophene rings is 1. The molecule has 1 aliphatic heterocycles. The number of sulfonamides is 1. The van der Waals surface area contributed by atoms with Crippen LogP contribution in [0.1, 0.15) is 12.8 Å². The minimum Gasteiger partial charge on any atom is -0.494 e. The first-order valence-electron chi connectivity index (χ1n) is 10.4. The van der Waals surface area contributed by atoms with E-state index in [-0.39, 0.29) is 10.1 Å². The number of benzene rings is 1. The summed E-state index contributed by atoms with van der Waals surface area (Å²) in [5, 5.41) is 0.532. The zero-order valence-electron chi connectivity index (χ0n) is 18.5. The van der Waals surface area contributed by atoms with Gasteiger partial charge in [0, 0.05) is 19.6 Å².